The molecule has 0 saturated carbocycles. The zero-order chi connectivity index (χ0) is 33.9. The minimum Gasteiger partial charge on any atom is -0.496 e. The number of aryl methyl sites for hydroxylation is 1. The molecule has 0 aliphatic heterocycles. The largest absolute Gasteiger partial charge is 0.496 e. The van der Waals surface area contributed by atoms with Gasteiger partial charge in [0.25, 0.3) is 0 Å². The summed E-state index contributed by atoms with van der Waals surface area (Å²) in [5.41, 5.74) is 6.32. The van der Waals surface area contributed by atoms with Gasteiger partial charge >= 0.3 is 0 Å². The van der Waals surface area contributed by atoms with E-state index < -0.39 is 0 Å². The molecule has 4 aromatic carbocycles. The lowest BCUT2D eigenvalue weighted by atomic mass is 10.1. The van der Waals surface area contributed by atoms with E-state index in [2.05, 4.69) is 80.3 Å². The number of anilines is 5. The molecule has 0 bridgehead atoms. The SMILES string of the molecule is CC/C=C\C(=C/CC)N(c1ccc(C)cc1)c1cccc(N(c2c(OC)cc(OC)cc2OC)c2c(OC)cc(OC)cc2OC)c1. The van der Waals surface area contributed by atoms with Gasteiger partial charge in [0.15, 0.2) is 0 Å². The van der Waals surface area contributed by atoms with Crippen LogP contribution in [0.4, 0.5) is 28.4 Å². The third-order valence-corrected chi connectivity index (χ3v) is 7.66. The molecule has 47 heavy (non-hydrogen) atoms. The highest BCUT2D eigenvalue weighted by Gasteiger charge is 2.29. The predicted molar refractivity (Wildman–Crippen MR) is 192 cm³/mol. The van der Waals surface area contributed by atoms with Gasteiger partial charge in [-0.25, -0.2) is 0 Å². The molecule has 0 amide bonds. The first-order valence-electron chi connectivity index (χ1n) is 15.6. The number of nitrogens with zero attached hydrogens (tertiary/aromatic N) is 2. The molecule has 8 heteroatoms. The van der Waals surface area contributed by atoms with Crippen LogP contribution in [0.2, 0.25) is 0 Å². The van der Waals surface area contributed by atoms with Crippen molar-refractivity contribution in [2.24, 2.45) is 0 Å². The highest BCUT2D eigenvalue weighted by Crippen LogP contribution is 2.54. The Bertz CT molecular complexity index is 1580. The van der Waals surface area contributed by atoms with Crippen LogP contribution in [0.25, 0.3) is 0 Å². The van der Waals surface area contributed by atoms with Crippen LogP contribution in [0.15, 0.2) is 96.7 Å². The summed E-state index contributed by atoms with van der Waals surface area (Å²) in [6.07, 6.45) is 8.39. The predicted octanol–water partition coefficient (Wildman–Crippen LogP) is 9.91. The first-order chi connectivity index (χ1) is 22.9. The molecule has 0 atom stereocenters. The van der Waals surface area contributed by atoms with Crippen LogP contribution in [0.5, 0.6) is 34.5 Å². The number of hydrogen-bond acceptors (Lipinski definition) is 8. The monoisotopic (exact) mass is 638 g/mol. The molecule has 4 aromatic rings. The maximum Gasteiger partial charge on any atom is 0.150 e. The number of rotatable bonds is 15. The molecule has 0 fully saturated rings. The number of hydrogen-bond donors (Lipinski definition) is 0. The average Bonchev–Trinajstić information content (AvgIpc) is 3.11. The minimum atomic E-state index is 0.527. The zero-order valence-corrected chi connectivity index (χ0v) is 28.9. The van der Waals surface area contributed by atoms with E-state index in [0.29, 0.717) is 45.9 Å². The summed E-state index contributed by atoms with van der Waals surface area (Å²) in [4.78, 5) is 4.29. The van der Waals surface area contributed by atoms with Crippen LogP contribution < -0.4 is 38.2 Å². The number of benzene rings is 4. The fraction of sp³-hybridized carbons (Fsp3) is 0.282. The lowest BCUT2D eigenvalue weighted by Gasteiger charge is -2.32. The summed E-state index contributed by atoms with van der Waals surface area (Å²) in [5.74, 6) is 3.29. The van der Waals surface area contributed by atoms with Gasteiger partial charge in [0.1, 0.15) is 45.9 Å². The fourth-order valence-corrected chi connectivity index (χ4v) is 5.38. The van der Waals surface area contributed by atoms with Crippen LogP contribution in [0.1, 0.15) is 32.3 Å². The lowest BCUT2D eigenvalue weighted by molar-refractivity contribution is 0.373. The van der Waals surface area contributed by atoms with Gasteiger partial charge < -0.3 is 33.3 Å². The molecule has 0 aromatic heterocycles. The second-order valence-corrected chi connectivity index (χ2v) is 10.6. The van der Waals surface area contributed by atoms with Gasteiger partial charge in [-0.1, -0.05) is 49.8 Å². The molecule has 8 nitrogen and oxygen atoms in total. The maximum atomic E-state index is 5.98. The minimum absolute atomic E-state index is 0.527. The molecule has 0 radical (unpaired) electrons. The topological polar surface area (TPSA) is 61.9 Å². The first kappa shape index (κ1) is 34.6. The molecule has 0 spiro atoms. The van der Waals surface area contributed by atoms with Crippen molar-refractivity contribution in [1.29, 1.82) is 0 Å². The zero-order valence-electron chi connectivity index (χ0n) is 28.9. The summed E-state index contributed by atoms with van der Waals surface area (Å²) in [5, 5.41) is 0. The summed E-state index contributed by atoms with van der Waals surface area (Å²) in [7, 11) is 9.70. The van der Waals surface area contributed by atoms with Crippen LogP contribution in [0.3, 0.4) is 0 Å². The number of methoxy groups -OCH3 is 6. The molecule has 0 aliphatic carbocycles. The maximum absolute atomic E-state index is 5.98. The first-order valence-corrected chi connectivity index (χ1v) is 15.6. The highest BCUT2D eigenvalue weighted by molar-refractivity contribution is 5.91. The van der Waals surface area contributed by atoms with E-state index in [-0.39, 0.29) is 0 Å². The smallest absolute Gasteiger partial charge is 0.150 e. The van der Waals surface area contributed by atoms with E-state index in [1.807, 2.05) is 41.3 Å². The van der Waals surface area contributed by atoms with Gasteiger partial charge in [0, 0.05) is 47.0 Å². The quantitative estimate of drug-likeness (QED) is 0.119. The van der Waals surface area contributed by atoms with Gasteiger partial charge in [-0.2, -0.15) is 0 Å². The van der Waals surface area contributed by atoms with Gasteiger partial charge in [0.2, 0.25) is 0 Å². The van der Waals surface area contributed by atoms with E-state index in [9.17, 15) is 0 Å². The van der Waals surface area contributed by atoms with E-state index in [4.69, 9.17) is 28.4 Å². The van der Waals surface area contributed by atoms with Crippen LogP contribution in [-0.2, 0) is 0 Å². The van der Waals surface area contributed by atoms with Crippen LogP contribution >= 0.6 is 0 Å². The average molecular weight is 639 g/mol. The Morgan fingerprint density at radius 3 is 1.49 bits per heavy atom. The molecule has 0 saturated heterocycles. The number of ether oxygens (including phenoxy) is 6. The Hall–Kier alpha value is -5.24. The highest BCUT2D eigenvalue weighted by atomic mass is 16.5. The molecular formula is C39H46N2O6. The molecule has 0 unspecified atom stereocenters. The van der Waals surface area contributed by atoms with Gasteiger partial charge in [-0.15, -0.1) is 0 Å². The standard InChI is InChI=1S/C39H46N2O6/c1-10-12-15-28(14-11-2)40(29-20-18-27(3)19-21-29)30-16-13-17-31(22-30)41(38-34(44-6)23-32(42-4)24-35(38)45-7)39-36(46-8)25-33(43-5)26-37(39)47-9/h12-26H,10-11H2,1-9H3/b15-12-,28-14+. The third-order valence-electron chi connectivity index (χ3n) is 7.66. The van der Waals surface area contributed by atoms with Crippen molar-refractivity contribution in [3.63, 3.8) is 0 Å². The van der Waals surface area contributed by atoms with Crippen molar-refractivity contribution in [1.82, 2.24) is 0 Å². The normalized spacial score (nSPS) is 11.3. The fourth-order valence-electron chi connectivity index (χ4n) is 5.38. The summed E-state index contributed by atoms with van der Waals surface area (Å²) in [6, 6.07) is 24.2. The van der Waals surface area contributed by atoms with E-state index in [1.165, 1.54) is 5.56 Å². The summed E-state index contributed by atoms with van der Waals surface area (Å²) >= 11 is 0. The van der Waals surface area contributed by atoms with Gasteiger partial charge in [-0.05, 0) is 56.2 Å². The van der Waals surface area contributed by atoms with Gasteiger partial charge in [-0.3, -0.25) is 4.90 Å². The lowest BCUT2D eigenvalue weighted by Crippen LogP contribution is -2.18. The Morgan fingerprint density at radius 2 is 1.06 bits per heavy atom. The van der Waals surface area contributed by atoms with Crippen molar-refractivity contribution < 1.29 is 28.4 Å². The van der Waals surface area contributed by atoms with Crippen LogP contribution in [-0.4, -0.2) is 42.7 Å². The van der Waals surface area contributed by atoms with Crippen molar-refractivity contribution in [2.75, 3.05) is 52.5 Å². The summed E-state index contributed by atoms with van der Waals surface area (Å²) < 4.78 is 35.1. The second kappa shape index (κ2) is 16.4. The second-order valence-electron chi connectivity index (χ2n) is 10.6. The van der Waals surface area contributed by atoms with E-state index in [1.54, 1.807) is 42.7 Å². The Labute approximate surface area is 279 Å². The third kappa shape index (κ3) is 7.60. The molecule has 0 N–H and O–H groups in total. The van der Waals surface area contributed by atoms with Crippen LogP contribution in [0, 0.1) is 6.92 Å². The Morgan fingerprint density at radius 1 is 0.574 bits per heavy atom. The van der Waals surface area contributed by atoms with Crippen molar-refractivity contribution in [2.45, 2.75) is 33.6 Å². The van der Waals surface area contributed by atoms with E-state index in [0.717, 1.165) is 35.6 Å². The number of allylic oxidation sites excluding steroid dienone is 3. The molecule has 0 heterocycles. The molecular weight excluding hydrogens is 592 g/mol. The Balaban J connectivity index is 2.10. The Kier molecular flexibility index (Phi) is 12.1. The summed E-state index contributed by atoms with van der Waals surface area (Å²) in [6.45, 7) is 6.38. The molecule has 248 valence electrons. The van der Waals surface area contributed by atoms with Crippen molar-refractivity contribution in [3.05, 3.63) is 102 Å². The van der Waals surface area contributed by atoms with Crippen molar-refractivity contribution in [3.8, 4) is 34.5 Å². The van der Waals surface area contributed by atoms with Gasteiger partial charge in [0.05, 0.1) is 42.7 Å². The van der Waals surface area contributed by atoms with E-state index >= 15 is 0 Å². The molecule has 0 aliphatic rings. The van der Waals surface area contributed by atoms with Crippen molar-refractivity contribution >= 4 is 28.4 Å². The molecule has 4 rings (SSSR count).